The van der Waals surface area contributed by atoms with Crippen LogP contribution in [0.3, 0.4) is 0 Å². The zero-order valence-electron chi connectivity index (χ0n) is 19.2. The second kappa shape index (κ2) is 11.0. The molecule has 0 atom stereocenters. The lowest BCUT2D eigenvalue weighted by Crippen LogP contribution is -2.43. The van der Waals surface area contributed by atoms with Crippen LogP contribution in [0.4, 0.5) is 16.6 Å². The normalized spacial score (nSPS) is 14.0. The predicted octanol–water partition coefficient (Wildman–Crippen LogP) is 3.56. The number of piperidine rings is 1. The SMILES string of the molecule is Cc1nc(Nc2ncc(C(=O)Nc3c(C)cccc3Cl)s2)cc(OC2CCN(C(=O)CO)CC2)n1. The van der Waals surface area contributed by atoms with Gasteiger partial charge in [-0.2, -0.15) is 4.98 Å². The van der Waals surface area contributed by atoms with Gasteiger partial charge in [-0.1, -0.05) is 35.1 Å². The minimum atomic E-state index is -0.481. The number of benzene rings is 1. The van der Waals surface area contributed by atoms with E-state index in [4.69, 9.17) is 21.4 Å². The van der Waals surface area contributed by atoms with Crippen molar-refractivity contribution in [1.82, 2.24) is 19.9 Å². The number of amides is 2. The fourth-order valence-corrected chi connectivity index (χ4v) is 4.66. The Labute approximate surface area is 211 Å². The van der Waals surface area contributed by atoms with Crippen molar-refractivity contribution in [2.45, 2.75) is 32.8 Å². The minimum absolute atomic E-state index is 0.0941. The Kier molecular flexibility index (Phi) is 7.79. The average Bonchev–Trinajstić information content (AvgIpc) is 3.29. The van der Waals surface area contributed by atoms with Crippen LogP contribution < -0.4 is 15.4 Å². The van der Waals surface area contributed by atoms with E-state index in [2.05, 4.69) is 25.6 Å². The summed E-state index contributed by atoms with van der Waals surface area (Å²) in [5, 5.41) is 15.9. The number of para-hydroxylation sites is 1. The summed E-state index contributed by atoms with van der Waals surface area (Å²) in [6.45, 7) is 4.20. The molecule has 12 heteroatoms. The number of rotatable bonds is 7. The molecule has 3 aromatic rings. The number of halogens is 1. The zero-order valence-corrected chi connectivity index (χ0v) is 20.8. The third-order valence-electron chi connectivity index (χ3n) is 5.46. The van der Waals surface area contributed by atoms with Gasteiger partial charge in [-0.25, -0.2) is 9.97 Å². The van der Waals surface area contributed by atoms with Gasteiger partial charge in [0.1, 0.15) is 29.2 Å². The zero-order chi connectivity index (χ0) is 24.9. The summed E-state index contributed by atoms with van der Waals surface area (Å²) in [4.78, 5) is 39.4. The second-order valence-corrected chi connectivity index (χ2v) is 9.47. The molecule has 10 nitrogen and oxygen atoms in total. The lowest BCUT2D eigenvalue weighted by atomic mass is 10.1. The van der Waals surface area contributed by atoms with E-state index in [9.17, 15) is 9.59 Å². The molecule has 1 aliphatic heterocycles. The maximum Gasteiger partial charge on any atom is 0.267 e. The molecule has 1 aromatic carbocycles. The summed E-state index contributed by atoms with van der Waals surface area (Å²) in [5.74, 6) is 0.841. The molecule has 0 bridgehead atoms. The van der Waals surface area contributed by atoms with Gasteiger partial charge in [0.25, 0.3) is 5.91 Å². The van der Waals surface area contributed by atoms with Crippen molar-refractivity contribution in [3.8, 4) is 5.88 Å². The van der Waals surface area contributed by atoms with Crippen molar-refractivity contribution < 1.29 is 19.4 Å². The number of carbonyl (C=O) groups excluding carboxylic acids is 2. The van der Waals surface area contributed by atoms with Gasteiger partial charge in [0.2, 0.25) is 11.8 Å². The summed E-state index contributed by atoms with van der Waals surface area (Å²) in [5.41, 5.74) is 1.44. The number of ether oxygens (including phenoxy) is 1. The maximum absolute atomic E-state index is 12.7. The largest absolute Gasteiger partial charge is 0.474 e. The van der Waals surface area contributed by atoms with Crippen LogP contribution in [0.25, 0.3) is 0 Å². The topological polar surface area (TPSA) is 130 Å². The van der Waals surface area contributed by atoms with E-state index >= 15 is 0 Å². The van der Waals surface area contributed by atoms with Gasteiger partial charge >= 0.3 is 0 Å². The summed E-state index contributed by atoms with van der Waals surface area (Å²) in [6.07, 6.45) is 2.69. The van der Waals surface area contributed by atoms with Crippen LogP contribution in [0, 0.1) is 13.8 Å². The van der Waals surface area contributed by atoms with Crippen molar-refractivity contribution in [3.63, 3.8) is 0 Å². The van der Waals surface area contributed by atoms with Gasteiger partial charge in [-0.3, -0.25) is 9.59 Å². The van der Waals surface area contributed by atoms with E-state index in [0.29, 0.717) is 64.2 Å². The van der Waals surface area contributed by atoms with Crippen molar-refractivity contribution in [2.75, 3.05) is 30.3 Å². The first-order valence-electron chi connectivity index (χ1n) is 11.0. The van der Waals surface area contributed by atoms with E-state index in [-0.39, 0.29) is 17.9 Å². The molecule has 1 saturated heterocycles. The Morgan fingerprint density at radius 1 is 1.26 bits per heavy atom. The lowest BCUT2D eigenvalue weighted by molar-refractivity contribution is -0.135. The molecule has 0 unspecified atom stereocenters. The fourth-order valence-electron chi connectivity index (χ4n) is 3.67. The smallest absolute Gasteiger partial charge is 0.267 e. The van der Waals surface area contributed by atoms with Crippen LogP contribution >= 0.6 is 22.9 Å². The van der Waals surface area contributed by atoms with Gasteiger partial charge in [0.15, 0.2) is 5.13 Å². The molecular formula is C23H25ClN6O4S. The number of aliphatic hydroxyl groups is 1. The molecule has 184 valence electrons. The summed E-state index contributed by atoms with van der Waals surface area (Å²) < 4.78 is 6.02. The number of aryl methyl sites for hydroxylation is 2. The number of likely N-dealkylation sites (tertiary alicyclic amines) is 1. The quantitative estimate of drug-likeness (QED) is 0.434. The molecule has 2 amide bonds. The van der Waals surface area contributed by atoms with E-state index in [1.165, 1.54) is 17.5 Å². The van der Waals surface area contributed by atoms with Gasteiger partial charge in [0.05, 0.1) is 16.9 Å². The first-order valence-corrected chi connectivity index (χ1v) is 12.2. The Balaban J connectivity index is 1.39. The van der Waals surface area contributed by atoms with Crippen molar-refractivity contribution in [3.05, 3.63) is 51.7 Å². The van der Waals surface area contributed by atoms with E-state index in [0.717, 1.165) is 5.56 Å². The molecule has 3 heterocycles. The van der Waals surface area contributed by atoms with Crippen LogP contribution in [0.2, 0.25) is 5.02 Å². The summed E-state index contributed by atoms with van der Waals surface area (Å²) in [7, 11) is 0. The van der Waals surface area contributed by atoms with Crippen molar-refractivity contribution in [1.29, 1.82) is 0 Å². The highest BCUT2D eigenvalue weighted by Gasteiger charge is 2.24. The number of nitrogens with zero attached hydrogens (tertiary/aromatic N) is 4. The number of hydrogen-bond donors (Lipinski definition) is 3. The number of anilines is 3. The maximum atomic E-state index is 12.7. The highest BCUT2D eigenvalue weighted by atomic mass is 35.5. The molecule has 35 heavy (non-hydrogen) atoms. The van der Waals surface area contributed by atoms with Gasteiger partial charge in [-0.05, 0) is 25.5 Å². The van der Waals surface area contributed by atoms with Gasteiger partial charge < -0.3 is 25.4 Å². The molecule has 2 aromatic heterocycles. The number of aromatic nitrogens is 3. The third kappa shape index (κ3) is 6.24. The van der Waals surface area contributed by atoms with Gasteiger partial charge in [-0.15, -0.1) is 0 Å². The van der Waals surface area contributed by atoms with Crippen LogP contribution in [0.1, 0.15) is 33.9 Å². The van der Waals surface area contributed by atoms with Crippen LogP contribution in [-0.2, 0) is 4.79 Å². The monoisotopic (exact) mass is 516 g/mol. The molecular weight excluding hydrogens is 492 g/mol. The lowest BCUT2D eigenvalue weighted by Gasteiger charge is -2.31. The van der Waals surface area contributed by atoms with Crippen molar-refractivity contribution in [2.24, 2.45) is 0 Å². The molecule has 3 N–H and O–H groups in total. The Morgan fingerprint density at radius 3 is 2.74 bits per heavy atom. The second-order valence-electron chi connectivity index (χ2n) is 8.04. The average molecular weight is 517 g/mol. The Bertz CT molecular complexity index is 1210. The molecule has 1 aliphatic rings. The van der Waals surface area contributed by atoms with Crippen LogP contribution in [-0.4, -0.2) is 62.6 Å². The van der Waals surface area contributed by atoms with Crippen LogP contribution in [0.15, 0.2) is 30.5 Å². The molecule has 0 spiro atoms. The molecule has 0 aliphatic carbocycles. The number of aliphatic hydroxyl groups excluding tert-OH is 1. The van der Waals surface area contributed by atoms with Crippen molar-refractivity contribution >= 4 is 51.4 Å². The summed E-state index contributed by atoms with van der Waals surface area (Å²) in [6, 6.07) is 7.09. The molecule has 1 fully saturated rings. The van der Waals surface area contributed by atoms with Crippen LogP contribution in [0.5, 0.6) is 5.88 Å². The summed E-state index contributed by atoms with van der Waals surface area (Å²) >= 11 is 7.39. The number of carbonyl (C=O) groups is 2. The number of nitrogens with one attached hydrogen (secondary N) is 2. The molecule has 0 saturated carbocycles. The Morgan fingerprint density at radius 2 is 2.03 bits per heavy atom. The highest BCUT2D eigenvalue weighted by molar-refractivity contribution is 7.17. The third-order valence-corrected chi connectivity index (χ3v) is 6.68. The van der Waals surface area contributed by atoms with E-state index in [1.54, 1.807) is 24.0 Å². The molecule has 4 rings (SSSR count). The molecule has 0 radical (unpaired) electrons. The number of thiazole rings is 1. The highest BCUT2D eigenvalue weighted by Crippen LogP contribution is 2.28. The first kappa shape index (κ1) is 24.8. The Hall–Kier alpha value is -3.28. The van der Waals surface area contributed by atoms with E-state index < -0.39 is 6.61 Å². The first-order chi connectivity index (χ1) is 16.8. The standard InChI is InChI=1S/C23H25ClN6O4S/c1-13-4-3-5-16(24)21(13)29-22(33)17-11-25-23(35-17)28-18-10-19(27-14(2)26-18)34-15-6-8-30(9-7-15)20(32)12-31/h3-5,10-11,15,31H,6-9,12H2,1-2H3,(H,29,33)(H,25,26,27,28). The predicted molar refractivity (Wildman–Crippen MR) is 134 cm³/mol. The van der Waals surface area contributed by atoms with E-state index in [1.807, 2.05) is 19.1 Å². The number of hydrogen-bond acceptors (Lipinski definition) is 9. The minimum Gasteiger partial charge on any atom is -0.474 e. The van der Waals surface area contributed by atoms with Gasteiger partial charge in [0, 0.05) is 32.0 Å². The fraction of sp³-hybridized carbons (Fsp3) is 0.348.